The maximum Gasteiger partial charge on any atom is 0.197 e. The lowest BCUT2D eigenvalue weighted by molar-refractivity contribution is 0.634. The number of hydrogen-bond acceptors (Lipinski definition) is 2. The summed E-state index contributed by atoms with van der Waals surface area (Å²) in [4.78, 5) is 29.5. The zero-order valence-corrected chi connectivity index (χ0v) is 16.5. The van der Waals surface area contributed by atoms with Crippen molar-refractivity contribution >= 4 is 43.6 Å². The van der Waals surface area contributed by atoms with Gasteiger partial charge in [0.15, 0.2) is 10.9 Å². The Bertz CT molecular complexity index is 1840. The molecule has 0 saturated heterocycles. The van der Waals surface area contributed by atoms with Gasteiger partial charge in [-0.15, -0.1) is 0 Å². The van der Waals surface area contributed by atoms with Gasteiger partial charge >= 0.3 is 0 Å². The van der Waals surface area contributed by atoms with Crippen molar-refractivity contribution in [3.05, 3.63) is 111 Å². The van der Waals surface area contributed by atoms with Crippen molar-refractivity contribution in [3.8, 4) is 5.69 Å². The smallest absolute Gasteiger partial charge is 0.197 e. The van der Waals surface area contributed by atoms with E-state index in [0.717, 1.165) is 0 Å². The van der Waals surface area contributed by atoms with E-state index in [1.54, 1.807) is 41.0 Å². The Morgan fingerprint density at radius 2 is 1.34 bits per heavy atom. The van der Waals surface area contributed by atoms with Crippen molar-refractivity contribution < 1.29 is 8.78 Å². The molecule has 0 radical (unpaired) electrons. The van der Waals surface area contributed by atoms with Crippen LogP contribution in [0.15, 0.2) is 88.5 Å². The van der Waals surface area contributed by atoms with Crippen LogP contribution in [0.2, 0.25) is 0 Å². The second kappa shape index (κ2) is 6.59. The number of aromatic nitrogens is 2. The Kier molecular flexibility index (Phi) is 3.80. The molecule has 0 aliphatic heterocycles. The maximum absolute atomic E-state index is 15.0. The van der Waals surface area contributed by atoms with Crippen LogP contribution in [-0.4, -0.2) is 9.55 Å². The normalized spacial score (nSPS) is 11.7. The molecule has 154 valence electrons. The SMILES string of the molecule is O=c1c2cc3c(cc2[nH]c2c(F)cccc12)c(=O)c1cccc(F)c1n3-c1ccccc1. The minimum Gasteiger partial charge on any atom is -0.352 e. The lowest BCUT2D eigenvalue weighted by Crippen LogP contribution is -2.13. The number of H-pyrrole nitrogens is 1. The van der Waals surface area contributed by atoms with Gasteiger partial charge in [0.25, 0.3) is 0 Å². The standard InChI is InChI=1S/C26H14F2N2O2/c27-19-10-4-8-15-23(19)29-21-12-18-22(13-17(21)25(15)31)30(14-6-2-1-3-7-14)24-16(26(18)32)9-5-11-20(24)28/h1-13H,(H,29,31). The fraction of sp³-hybridized carbons (Fsp3) is 0. The molecule has 0 saturated carbocycles. The highest BCUT2D eigenvalue weighted by molar-refractivity contribution is 6.04. The molecule has 0 atom stereocenters. The summed E-state index contributed by atoms with van der Waals surface area (Å²) >= 11 is 0. The van der Waals surface area contributed by atoms with Crippen LogP contribution < -0.4 is 10.9 Å². The largest absolute Gasteiger partial charge is 0.352 e. The lowest BCUT2D eigenvalue weighted by atomic mass is 10.0. The number of nitrogens with zero attached hydrogens (tertiary/aromatic N) is 1. The topological polar surface area (TPSA) is 54.9 Å². The molecule has 4 nitrogen and oxygen atoms in total. The minimum absolute atomic E-state index is 0.0829. The van der Waals surface area contributed by atoms with E-state index in [-0.39, 0.29) is 38.0 Å². The molecule has 0 aliphatic carbocycles. The van der Waals surface area contributed by atoms with Gasteiger partial charge in [-0.1, -0.05) is 30.3 Å². The zero-order valence-electron chi connectivity index (χ0n) is 16.5. The van der Waals surface area contributed by atoms with E-state index >= 15 is 4.39 Å². The minimum atomic E-state index is -0.552. The van der Waals surface area contributed by atoms with Crippen molar-refractivity contribution in [2.24, 2.45) is 0 Å². The molecule has 0 aliphatic rings. The number of para-hydroxylation sites is 3. The number of fused-ring (bicyclic) bond motifs is 4. The Morgan fingerprint density at radius 1 is 0.656 bits per heavy atom. The summed E-state index contributed by atoms with van der Waals surface area (Å²) < 4.78 is 31.0. The van der Waals surface area contributed by atoms with E-state index in [2.05, 4.69) is 4.98 Å². The summed E-state index contributed by atoms with van der Waals surface area (Å²) in [5.41, 5.74) is 0.877. The fourth-order valence-corrected chi connectivity index (χ4v) is 4.40. The molecule has 32 heavy (non-hydrogen) atoms. The summed E-state index contributed by atoms with van der Waals surface area (Å²) in [7, 11) is 0. The van der Waals surface area contributed by atoms with E-state index in [1.807, 2.05) is 18.2 Å². The van der Waals surface area contributed by atoms with E-state index in [4.69, 9.17) is 0 Å². The number of nitrogens with one attached hydrogen (secondary N) is 1. The first kappa shape index (κ1) is 18.4. The number of aromatic amines is 1. The van der Waals surface area contributed by atoms with Gasteiger partial charge < -0.3 is 9.55 Å². The van der Waals surface area contributed by atoms with Gasteiger partial charge in [0.05, 0.1) is 22.1 Å². The summed E-state index contributed by atoms with van der Waals surface area (Å²) in [5.74, 6) is -1.09. The number of benzene rings is 4. The third-order valence-electron chi connectivity index (χ3n) is 5.85. The molecule has 6 rings (SSSR count). The Morgan fingerprint density at radius 3 is 2.12 bits per heavy atom. The van der Waals surface area contributed by atoms with Gasteiger partial charge in [-0.25, -0.2) is 8.78 Å². The summed E-state index contributed by atoms with van der Waals surface area (Å²) in [6.45, 7) is 0. The van der Waals surface area contributed by atoms with Crippen LogP contribution in [0, 0.1) is 11.6 Å². The van der Waals surface area contributed by atoms with Crippen molar-refractivity contribution in [3.63, 3.8) is 0 Å². The quantitative estimate of drug-likeness (QED) is 0.359. The van der Waals surface area contributed by atoms with E-state index < -0.39 is 11.6 Å². The molecule has 0 amide bonds. The third kappa shape index (κ3) is 2.46. The predicted molar refractivity (Wildman–Crippen MR) is 123 cm³/mol. The van der Waals surface area contributed by atoms with E-state index in [1.165, 1.54) is 24.3 Å². The van der Waals surface area contributed by atoms with Gasteiger partial charge in [-0.05, 0) is 48.5 Å². The Balaban J connectivity index is 1.91. The maximum atomic E-state index is 15.0. The molecule has 6 aromatic rings. The van der Waals surface area contributed by atoms with Crippen LogP contribution in [0.25, 0.3) is 49.3 Å². The van der Waals surface area contributed by atoms with Crippen LogP contribution in [0.4, 0.5) is 8.78 Å². The molecule has 4 aromatic carbocycles. The average Bonchev–Trinajstić information content (AvgIpc) is 2.81. The first-order valence-corrected chi connectivity index (χ1v) is 10.0. The van der Waals surface area contributed by atoms with Gasteiger partial charge in [-0.2, -0.15) is 0 Å². The zero-order chi connectivity index (χ0) is 22.0. The number of rotatable bonds is 1. The molecule has 0 fully saturated rings. The van der Waals surface area contributed by atoms with Crippen LogP contribution in [0.1, 0.15) is 0 Å². The number of pyridine rings is 2. The molecule has 0 bridgehead atoms. The monoisotopic (exact) mass is 424 g/mol. The van der Waals surface area contributed by atoms with Crippen LogP contribution in [0.5, 0.6) is 0 Å². The highest BCUT2D eigenvalue weighted by Crippen LogP contribution is 2.28. The predicted octanol–water partition coefficient (Wildman–Crippen LogP) is 5.42. The highest BCUT2D eigenvalue weighted by Gasteiger charge is 2.18. The third-order valence-corrected chi connectivity index (χ3v) is 5.85. The summed E-state index contributed by atoms with van der Waals surface area (Å²) in [5, 5.41) is 1.01. The molecule has 0 unspecified atom stereocenters. The van der Waals surface area contributed by atoms with Gasteiger partial charge in [0.2, 0.25) is 0 Å². The summed E-state index contributed by atoms with van der Waals surface area (Å²) in [6, 6.07) is 20.9. The molecular weight excluding hydrogens is 410 g/mol. The second-order valence-electron chi connectivity index (χ2n) is 7.67. The molecule has 0 spiro atoms. The first-order chi connectivity index (χ1) is 15.5. The van der Waals surface area contributed by atoms with Gasteiger partial charge in [0.1, 0.15) is 11.6 Å². The van der Waals surface area contributed by atoms with Crippen molar-refractivity contribution in [2.75, 3.05) is 0 Å². The van der Waals surface area contributed by atoms with Crippen molar-refractivity contribution in [2.45, 2.75) is 0 Å². The van der Waals surface area contributed by atoms with Crippen molar-refractivity contribution in [1.82, 2.24) is 9.55 Å². The molecule has 1 N–H and O–H groups in total. The van der Waals surface area contributed by atoms with Crippen LogP contribution in [-0.2, 0) is 0 Å². The Labute approximate surface area is 179 Å². The Hall–Kier alpha value is -4.32. The summed E-state index contributed by atoms with van der Waals surface area (Å²) in [6.07, 6.45) is 0. The van der Waals surface area contributed by atoms with Gasteiger partial charge in [0, 0.05) is 27.2 Å². The van der Waals surface area contributed by atoms with E-state index in [0.29, 0.717) is 22.1 Å². The molecule has 2 heterocycles. The van der Waals surface area contributed by atoms with Crippen LogP contribution in [0.3, 0.4) is 0 Å². The molecule has 6 heteroatoms. The molecular formula is C26H14F2N2O2. The lowest BCUT2D eigenvalue weighted by Gasteiger charge is -2.16. The average molecular weight is 424 g/mol. The molecule has 2 aromatic heterocycles. The van der Waals surface area contributed by atoms with Crippen molar-refractivity contribution in [1.29, 1.82) is 0 Å². The first-order valence-electron chi connectivity index (χ1n) is 10.0. The number of hydrogen-bond donors (Lipinski definition) is 1. The second-order valence-corrected chi connectivity index (χ2v) is 7.67. The number of halogens is 2. The fourth-order valence-electron chi connectivity index (χ4n) is 4.40. The van der Waals surface area contributed by atoms with Crippen LogP contribution >= 0.6 is 0 Å². The van der Waals surface area contributed by atoms with Gasteiger partial charge in [-0.3, -0.25) is 9.59 Å². The highest BCUT2D eigenvalue weighted by atomic mass is 19.1. The van der Waals surface area contributed by atoms with E-state index in [9.17, 15) is 14.0 Å².